The molecule has 2 N–H and O–H groups in total. The zero-order valence-corrected chi connectivity index (χ0v) is 18.0. The number of anilines is 1. The van der Waals surface area contributed by atoms with Crippen molar-refractivity contribution in [3.8, 4) is 0 Å². The van der Waals surface area contributed by atoms with Crippen molar-refractivity contribution in [2.45, 2.75) is 65.0 Å². The zero-order valence-electron chi connectivity index (χ0n) is 18.0. The number of aromatic nitrogens is 1. The monoisotopic (exact) mass is 400 g/mol. The molecule has 7 heteroatoms. The number of carbonyl (C=O) groups excluding carboxylic acids is 1. The first-order chi connectivity index (χ1) is 14.2. The van der Waals surface area contributed by atoms with Crippen molar-refractivity contribution in [1.82, 2.24) is 20.5 Å². The van der Waals surface area contributed by atoms with Gasteiger partial charge in [0.05, 0.1) is 6.54 Å². The van der Waals surface area contributed by atoms with Gasteiger partial charge in [0.25, 0.3) is 0 Å². The molecule has 0 aliphatic carbocycles. The molecule has 2 fully saturated rings. The lowest BCUT2D eigenvalue weighted by atomic mass is 10.2. The summed E-state index contributed by atoms with van der Waals surface area (Å²) in [5, 5.41) is 6.83. The summed E-state index contributed by atoms with van der Waals surface area (Å²) in [4.78, 5) is 25.6. The van der Waals surface area contributed by atoms with Gasteiger partial charge in [0.15, 0.2) is 5.96 Å². The van der Waals surface area contributed by atoms with E-state index in [1.165, 1.54) is 31.2 Å². The van der Waals surface area contributed by atoms with Crippen LogP contribution in [0.25, 0.3) is 0 Å². The van der Waals surface area contributed by atoms with E-state index in [4.69, 9.17) is 4.99 Å². The van der Waals surface area contributed by atoms with E-state index in [1.807, 2.05) is 24.1 Å². The lowest BCUT2D eigenvalue weighted by Gasteiger charge is -2.21. The van der Waals surface area contributed by atoms with Crippen molar-refractivity contribution in [2.75, 3.05) is 37.6 Å². The van der Waals surface area contributed by atoms with E-state index >= 15 is 0 Å². The Hall–Kier alpha value is -2.31. The molecule has 0 aromatic carbocycles. The minimum absolute atomic E-state index is 0.231. The first-order valence-electron chi connectivity index (χ1n) is 11.2. The minimum Gasteiger partial charge on any atom is -0.357 e. The van der Waals surface area contributed by atoms with Gasteiger partial charge in [-0.2, -0.15) is 0 Å². The molecule has 1 atom stereocenters. The average molecular weight is 401 g/mol. The largest absolute Gasteiger partial charge is 0.357 e. The number of rotatable bonds is 6. The summed E-state index contributed by atoms with van der Waals surface area (Å²) < 4.78 is 0. The number of guanidine groups is 1. The highest BCUT2D eigenvalue weighted by Gasteiger charge is 2.25. The van der Waals surface area contributed by atoms with E-state index < -0.39 is 0 Å². The van der Waals surface area contributed by atoms with E-state index in [0.717, 1.165) is 50.9 Å². The molecule has 0 radical (unpaired) electrons. The normalized spacial score (nSPS) is 20.5. The Morgan fingerprint density at radius 1 is 1.21 bits per heavy atom. The Kier molecular flexibility index (Phi) is 8.14. The van der Waals surface area contributed by atoms with Crippen LogP contribution in [0.4, 0.5) is 5.82 Å². The number of hydrogen-bond donors (Lipinski definition) is 2. The average Bonchev–Trinajstić information content (AvgIpc) is 3.04. The molecule has 2 saturated heterocycles. The molecule has 0 bridgehead atoms. The number of pyridine rings is 1. The second-order valence-corrected chi connectivity index (χ2v) is 7.94. The van der Waals surface area contributed by atoms with Gasteiger partial charge in [-0.3, -0.25) is 4.79 Å². The molecule has 3 rings (SSSR count). The Morgan fingerprint density at radius 2 is 2.00 bits per heavy atom. The van der Waals surface area contributed by atoms with Crippen LogP contribution in [0.15, 0.2) is 23.3 Å². The van der Waals surface area contributed by atoms with Gasteiger partial charge in [-0.25, -0.2) is 9.98 Å². The van der Waals surface area contributed by atoms with E-state index in [1.54, 1.807) is 0 Å². The fourth-order valence-corrected chi connectivity index (χ4v) is 4.04. The minimum atomic E-state index is 0.231. The molecule has 160 valence electrons. The number of nitrogens with one attached hydrogen (secondary N) is 2. The highest BCUT2D eigenvalue weighted by atomic mass is 16.2. The predicted octanol–water partition coefficient (Wildman–Crippen LogP) is 2.53. The second-order valence-electron chi connectivity index (χ2n) is 7.94. The van der Waals surface area contributed by atoms with Gasteiger partial charge in [0, 0.05) is 51.4 Å². The van der Waals surface area contributed by atoms with Crippen LogP contribution >= 0.6 is 0 Å². The number of hydrogen-bond acceptors (Lipinski definition) is 4. The molecule has 1 amide bonds. The summed E-state index contributed by atoms with van der Waals surface area (Å²) in [7, 11) is 0. The van der Waals surface area contributed by atoms with Gasteiger partial charge in [-0.15, -0.1) is 0 Å². The van der Waals surface area contributed by atoms with Crippen LogP contribution in [0.1, 0.15) is 57.9 Å². The van der Waals surface area contributed by atoms with Gasteiger partial charge in [0.2, 0.25) is 5.91 Å². The first-order valence-corrected chi connectivity index (χ1v) is 11.2. The predicted molar refractivity (Wildman–Crippen MR) is 118 cm³/mol. The Bertz CT molecular complexity index is 684. The van der Waals surface area contributed by atoms with Crippen molar-refractivity contribution in [1.29, 1.82) is 0 Å². The molecular weight excluding hydrogens is 364 g/mol. The zero-order chi connectivity index (χ0) is 20.5. The molecule has 1 unspecified atom stereocenters. The molecule has 2 aliphatic rings. The molecule has 2 aliphatic heterocycles. The molecule has 1 aromatic heterocycles. The lowest BCUT2D eigenvalue weighted by molar-refractivity contribution is -0.129. The van der Waals surface area contributed by atoms with Crippen LogP contribution in [0.2, 0.25) is 0 Å². The van der Waals surface area contributed by atoms with Crippen molar-refractivity contribution in [3.05, 3.63) is 23.9 Å². The fourth-order valence-electron chi connectivity index (χ4n) is 4.04. The van der Waals surface area contributed by atoms with Crippen molar-refractivity contribution >= 4 is 17.7 Å². The van der Waals surface area contributed by atoms with E-state index in [2.05, 4.69) is 33.5 Å². The number of carbonyl (C=O) groups is 1. The standard InChI is InChI=1S/C22H36N6O/c1-3-21(29)28-14-10-19(17-28)26-22(23-4-2)25-16-18-9-11-24-20(15-18)27-12-7-5-6-8-13-27/h9,11,15,19H,3-8,10,12-14,16-17H2,1-2H3,(H2,23,25,26). The summed E-state index contributed by atoms with van der Waals surface area (Å²) in [6, 6.07) is 4.48. The van der Waals surface area contributed by atoms with Gasteiger partial charge in [0.1, 0.15) is 5.82 Å². The Morgan fingerprint density at radius 3 is 2.72 bits per heavy atom. The van der Waals surface area contributed by atoms with Crippen molar-refractivity contribution in [2.24, 2.45) is 4.99 Å². The third-order valence-corrected chi connectivity index (χ3v) is 5.69. The number of amides is 1. The van der Waals surface area contributed by atoms with Gasteiger partial charge in [-0.1, -0.05) is 19.8 Å². The molecule has 1 aromatic rings. The molecule has 29 heavy (non-hydrogen) atoms. The second kappa shape index (κ2) is 11.0. The highest BCUT2D eigenvalue weighted by Crippen LogP contribution is 2.18. The molecule has 0 saturated carbocycles. The van der Waals surface area contributed by atoms with E-state index in [0.29, 0.717) is 13.0 Å². The molecular formula is C22H36N6O. The summed E-state index contributed by atoms with van der Waals surface area (Å²) in [5.74, 6) is 2.12. The van der Waals surface area contributed by atoms with Crippen LogP contribution in [0.3, 0.4) is 0 Å². The van der Waals surface area contributed by atoms with Crippen LogP contribution in [0.5, 0.6) is 0 Å². The molecule has 3 heterocycles. The summed E-state index contributed by atoms with van der Waals surface area (Å²) in [6.07, 6.45) is 8.57. The Labute approximate surface area is 175 Å². The third-order valence-electron chi connectivity index (χ3n) is 5.69. The maximum Gasteiger partial charge on any atom is 0.222 e. The van der Waals surface area contributed by atoms with Crippen LogP contribution < -0.4 is 15.5 Å². The van der Waals surface area contributed by atoms with Crippen LogP contribution in [-0.2, 0) is 11.3 Å². The lowest BCUT2D eigenvalue weighted by Crippen LogP contribution is -2.45. The highest BCUT2D eigenvalue weighted by molar-refractivity contribution is 5.80. The maximum atomic E-state index is 11.9. The van der Waals surface area contributed by atoms with Crippen LogP contribution in [-0.4, -0.2) is 60.5 Å². The third kappa shape index (κ3) is 6.34. The summed E-state index contributed by atoms with van der Waals surface area (Å²) in [6.45, 7) is 9.19. The smallest absolute Gasteiger partial charge is 0.222 e. The van der Waals surface area contributed by atoms with Crippen LogP contribution in [0, 0.1) is 0 Å². The maximum absolute atomic E-state index is 11.9. The number of likely N-dealkylation sites (tertiary alicyclic amines) is 1. The molecule has 0 spiro atoms. The van der Waals surface area contributed by atoms with Gasteiger partial charge in [-0.05, 0) is 43.9 Å². The van der Waals surface area contributed by atoms with E-state index in [-0.39, 0.29) is 11.9 Å². The van der Waals surface area contributed by atoms with Gasteiger partial charge >= 0.3 is 0 Å². The quantitative estimate of drug-likeness (QED) is 0.567. The summed E-state index contributed by atoms with van der Waals surface area (Å²) in [5.41, 5.74) is 1.17. The van der Waals surface area contributed by atoms with E-state index in [9.17, 15) is 4.79 Å². The topological polar surface area (TPSA) is 72.9 Å². The van der Waals surface area contributed by atoms with Crippen molar-refractivity contribution in [3.63, 3.8) is 0 Å². The number of aliphatic imine (C=N–C) groups is 1. The summed E-state index contributed by atoms with van der Waals surface area (Å²) >= 11 is 0. The molecule has 7 nitrogen and oxygen atoms in total. The first kappa shape index (κ1) is 21.4. The van der Waals surface area contributed by atoms with Gasteiger partial charge < -0.3 is 20.4 Å². The van der Waals surface area contributed by atoms with Crippen molar-refractivity contribution < 1.29 is 4.79 Å². The fraction of sp³-hybridized carbons (Fsp3) is 0.682. The Balaban J connectivity index is 1.60. The SMILES string of the molecule is CCNC(=NCc1ccnc(N2CCCCCC2)c1)NC1CCN(C(=O)CC)C1. The number of nitrogens with zero attached hydrogens (tertiary/aromatic N) is 4.